The Kier molecular flexibility index (Phi) is 5.02. The molecule has 0 radical (unpaired) electrons. The quantitative estimate of drug-likeness (QED) is 0.561. The zero-order valence-corrected chi connectivity index (χ0v) is 16.7. The minimum Gasteiger partial charge on any atom is -0.490 e. The summed E-state index contributed by atoms with van der Waals surface area (Å²) in [7, 11) is 0. The second-order valence-electron chi connectivity index (χ2n) is 6.48. The molecule has 140 valence electrons. The number of furan rings is 1. The summed E-state index contributed by atoms with van der Waals surface area (Å²) in [5, 5.41) is 10.6. The summed E-state index contributed by atoms with van der Waals surface area (Å²) in [5.74, 6) is -0.294. The summed E-state index contributed by atoms with van der Waals surface area (Å²) in [4.78, 5) is 13.4. The average molecular weight is 451 g/mol. The fourth-order valence-corrected chi connectivity index (χ4v) is 4.15. The molecule has 3 aromatic rings. The molecule has 1 fully saturated rings. The van der Waals surface area contributed by atoms with Crippen molar-refractivity contribution in [1.82, 2.24) is 0 Å². The minimum atomic E-state index is -1.07. The zero-order chi connectivity index (χ0) is 19.0. The first-order valence-electron chi connectivity index (χ1n) is 8.64. The molecular formula is C20H17BrClNO4. The van der Waals surface area contributed by atoms with E-state index in [-0.39, 0.29) is 11.9 Å². The molecular weight excluding hydrogens is 434 g/mol. The average Bonchev–Trinajstić information content (AvgIpc) is 3.11. The van der Waals surface area contributed by atoms with E-state index in [2.05, 4.69) is 20.8 Å². The van der Waals surface area contributed by atoms with Crippen LogP contribution in [-0.4, -0.2) is 30.3 Å². The van der Waals surface area contributed by atoms with Gasteiger partial charge >= 0.3 is 5.97 Å². The summed E-state index contributed by atoms with van der Waals surface area (Å²) in [6.45, 7) is 1.71. The van der Waals surface area contributed by atoms with Crippen molar-refractivity contribution in [3.8, 4) is 5.75 Å². The first kappa shape index (κ1) is 18.2. The predicted octanol–water partition coefficient (Wildman–Crippen LogP) is 5.59. The summed E-state index contributed by atoms with van der Waals surface area (Å²) in [6, 6.07) is 12.8. The Bertz CT molecular complexity index is 978. The Hall–Kier alpha value is -2.18. The van der Waals surface area contributed by atoms with Crippen LogP contribution in [0.5, 0.6) is 5.75 Å². The highest BCUT2D eigenvalue weighted by Crippen LogP contribution is 2.37. The number of fused-ring (bicyclic) bond motifs is 1. The van der Waals surface area contributed by atoms with Crippen LogP contribution in [0, 0.1) is 0 Å². The Balaban J connectivity index is 1.46. The van der Waals surface area contributed by atoms with Crippen molar-refractivity contribution >= 4 is 50.2 Å². The van der Waals surface area contributed by atoms with Crippen LogP contribution in [0.1, 0.15) is 23.4 Å². The van der Waals surface area contributed by atoms with Gasteiger partial charge in [0.05, 0.1) is 10.2 Å². The van der Waals surface area contributed by atoms with Gasteiger partial charge < -0.3 is 19.2 Å². The van der Waals surface area contributed by atoms with Crippen molar-refractivity contribution in [3.05, 3.63) is 57.7 Å². The van der Waals surface area contributed by atoms with Gasteiger partial charge in [0.2, 0.25) is 5.76 Å². The lowest BCUT2D eigenvalue weighted by Gasteiger charge is -2.34. The Morgan fingerprint density at radius 3 is 2.56 bits per heavy atom. The molecule has 27 heavy (non-hydrogen) atoms. The fraction of sp³-hybridized carbons (Fsp3) is 0.250. The van der Waals surface area contributed by atoms with Gasteiger partial charge in [0, 0.05) is 42.4 Å². The number of carboxylic acid groups (broad SMARTS) is 1. The van der Waals surface area contributed by atoms with E-state index in [1.54, 1.807) is 6.07 Å². The molecule has 1 aliphatic rings. The van der Waals surface area contributed by atoms with Crippen molar-refractivity contribution in [3.63, 3.8) is 0 Å². The van der Waals surface area contributed by atoms with E-state index in [0.717, 1.165) is 47.2 Å². The lowest BCUT2D eigenvalue weighted by atomic mass is 10.1. The summed E-state index contributed by atoms with van der Waals surface area (Å²) in [5.41, 5.74) is 1.59. The summed E-state index contributed by atoms with van der Waals surface area (Å²) in [6.07, 6.45) is 1.97. The van der Waals surface area contributed by atoms with Gasteiger partial charge in [-0.25, -0.2) is 4.79 Å². The molecule has 0 aliphatic carbocycles. The van der Waals surface area contributed by atoms with E-state index >= 15 is 0 Å². The molecule has 1 saturated heterocycles. The Labute approximate surface area is 169 Å². The monoisotopic (exact) mass is 449 g/mol. The van der Waals surface area contributed by atoms with Crippen LogP contribution in [0.15, 0.2) is 51.4 Å². The number of ether oxygens (including phenoxy) is 1. The number of halogens is 2. The molecule has 0 spiro atoms. The van der Waals surface area contributed by atoms with Crippen molar-refractivity contribution < 1.29 is 19.1 Å². The van der Waals surface area contributed by atoms with E-state index in [4.69, 9.17) is 25.9 Å². The number of hydrogen-bond acceptors (Lipinski definition) is 4. The van der Waals surface area contributed by atoms with Crippen LogP contribution in [0.3, 0.4) is 0 Å². The van der Waals surface area contributed by atoms with Crippen LogP contribution < -0.4 is 9.64 Å². The molecule has 0 amide bonds. The normalized spacial score (nSPS) is 15.3. The van der Waals surface area contributed by atoms with Crippen molar-refractivity contribution in [2.75, 3.05) is 18.0 Å². The highest BCUT2D eigenvalue weighted by Gasteiger charge is 2.23. The molecule has 0 bridgehead atoms. The number of carbonyl (C=O) groups is 1. The number of rotatable bonds is 4. The summed E-state index contributed by atoms with van der Waals surface area (Å²) >= 11 is 9.53. The molecule has 4 rings (SSSR count). The maximum Gasteiger partial charge on any atom is 0.371 e. The molecule has 2 heterocycles. The predicted molar refractivity (Wildman–Crippen MR) is 108 cm³/mol. The number of anilines is 1. The number of carboxylic acids is 1. The van der Waals surface area contributed by atoms with Gasteiger partial charge in [0.15, 0.2) is 0 Å². The van der Waals surface area contributed by atoms with Gasteiger partial charge in [0.25, 0.3) is 0 Å². The second kappa shape index (κ2) is 7.44. The van der Waals surface area contributed by atoms with Crippen LogP contribution in [-0.2, 0) is 0 Å². The Morgan fingerprint density at radius 1 is 1.19 bits per heavy atom. The van der Waals surface area contributed by atoms with Gasteiger partial charge in [-0.2, -0.15) is 0 Å². The topological polar surface area (TPSA) is 62.9 Å². The standard InChI is InChI=1S/C20H17BrClNO4/c21-19-15-11-18(20(24)25)27-17(15)6-5-16(19)23-9-7-14(8-10-23)26-13-3-1-12(22)2-4-13/h1-6,11,14H,7-10H2,(H,24,25). The molecule has 0 saturated carbocycles. The number of hydrogen-bond donors (Lipinski definition) is 1. The largest absolute Gasteiger partial charge is 0.490 e. The van der Waals surface area contributed by atoms with Gasteiger partial charge in [-0.3, -0.25) is 0 Å². The lowest BCUT2D eigenvalue weighted by Crippen LogP contribution is -2.38. The molecule has 2 aromatic carbocycles. The van der Waals surface area contributed by atoms with E-state index in [9.17, 15) is 4.79 Å². The number of benzene rings is 2. The maximum absolute atomic E-state index is 11.1. The van der Waals surface area contributed by atoms with Crippen molar-refractivity contribution in [2.45, 2.75) is 18.9 Å². The molecule has 5 nitrogen and oxygen atoms in total. The Morgan fingerprint density at radius 2 is 1.89 bits per heavy atom. The minimum absolute atomic E-state index is 0.0575. The van der Waals surface area contributed by atoms with Gasteiger partial charge in [-0.1, -0.05) is 11.6 Å². The highest BCUT2D eigenvalue weighted by molar-refractivity contribution is 9.10. The maximum atomic E-state index is 11.1. The van der Waals surface area contributed by atoms with Gasteiger partial charge in [-0.05, 0) is 52.3 Å². The zero-order valence-electron chi connectivity index (χ0n) is 14.3. The van der Waals surface area contributed by atoms with Gasteiger partial charge in [0.1, 0.15) is 17.4 Å². The molecule has 1 aliphatic heterocycles. The first-order chi connectivity index (χ1) is 13.0. The number of piperidine rings is 1. The SMILES string of the molecule is O=C(O)c1cc2c(Br)c(N3CCC(Oc4ccc(Cl)cc4)CC3)ccc2o1. The van der Waals surface area contributed by atoms with E-state index in [0.29, 0.717) is 10.6 Å². The van der Waals surface area contributed by atoms with E-state index < -0.39 is 5.97 Å². The van der Waals surface area contributed by atoms with Crippen LogP contribution >= 0.6 is 27.5 Å². The lowest BCUT2D eigenvalue weighted by molar-refractivity contribution is 0.0665. The molecule has 0 atom stereocenters. The number of nitrogens with zero attached hydrogens (tertiary/aromatic N) is 1. The van der Waals surface area contributed by atoms with Gasteiger partial charge in [-0.15, -0.1) is 0 Å². The fourth-order valence-electron chi connectivity index (χ4n) is 3.34. The summed E-state index contributed by atoms with van der Waals surface area (Å²) < 4.78 is 12.3. The molecule has 1 aromatic heterocycles. The van der Waals surface area contributed by atoms with Crippen LogP contribution in [0.25, 0.3) is 11.0 Å². The third kappa shape index (κ3) is 3.77. The molecule has 1 N–H and O–H groups in total. The van der Waals surface area contributed by atoms with Crippen LogP contribution in [0.4, 0.5) is 5.69 Å². The van der Waals surface area contributed by atoms with E-state index in [1.807, 2.05) is 36.4 Å². The third-order valence-electron chi connectivity index (χ3n) is 4.72. The second-order valence-corrected chi connectivity index (χ2v) is 7.71. The molecule has 0 unspecified atom stereocenters. The third-order valence-corrected chi connectivity index (χ3v) is 5.81. The molecule has 7 heteroatoms. The van der Waals surface area contributed by atoms with E-state index in [1.165, 1.54) is 0 Å². The van der Waals surface area contributed by atoms with Crippen molar-refractivity contribution in [2.24, 2.45) is 0 Å². The first-order valence-corrected chi connectivity index (χ1v) is 9.81. The smallest absolute Gasteiger partial charge is 0.371 e. The number of aromatic carboxylic acids is 1. The van der Waals surface area contributed by atoms with Crippen LogP contribution in [0.2, 0.25) is 5.02 Å². The highest BCUT2D eigenvalue weighted by atomic mass is 79.9. The van der Waals surface area contributed by atoms with Crippen molar-refractivity contribution in [1.29, 1.82) is 0 Å².